The average molecular weight is 203 g/mol. The van der Waals surface area contributed by atoms with E-state index in [1.54, 1.807) is 7.11 Å². The van der Waals surface area contributed by atoms with Crippen LogP contribution in [0, 0.1) is 5.92 Å². The second-order valence-corrected chi connectivity index (χ2v) is 3.80. The van der Waals surface area contributed by atoms with Crippen LogP contribution in [0.1, 0.15) is 12.8 Å². The number of nitrogens with one attached hydrogen (secondary N) is 1. The van der Waals surface area contributed by atoms with E-state index in [4.69, 9.17) is 14.6 Å². The minimum atomic E-state index is 0.211. The number of aliphatic hydroxyl groups excluding tert-OH is 1. The molecular formula is C10H21NO3. The van der Waals surface area contributed by atoms with Gasteiger partial charge in [-0.1, -0.05) is 0 Å². The monoisotopic (exact) mass is 203 g/mol. The summed E-state index contributed by atoms with van der Waals surface area (Å²) in [5, 5.41) is 12.2. The lowest BCUT2D eigenvalue weighted by Crippen LogP contribution is -2.37. The number of methoxy groups -OCH3 is 1. The lowest BCUT2D eigenvalue weighted by molar-refractivity contribution is 0.143. The summed E-state index contributed by atoms with van der Waals surface area (Å²) in [7, 11) is 1.69. The molecule has 0 aromatic rings. The molecule has 0 saturated carbocycles. The molecule has 2 unspecified atom stereocenters. The molecule has 14 heavy (non-hydrogen) atoms. The Kier molecular flexibility index (Phi) is 6.10. The maximum Gasteiger partial charge on any atom is 0.0616 e. The highest BCUT2D eigenvalue weighted by atomic mass is 16.5. The van der Waals surface area contributed by atoms with Crippen molar-refractivity contribution in [2.45, 2.75) is 18.9 Å². The summed E-state index contributed by atoms with van der Waals surface area (Å²) in [4.78, 5) is 0. The van der Waals surface area contributed by atoms with Crippen molar-refractivity contribution < 1.29 is 14.6 Å². The van der Waals surface area contributed by atoms with Gasteiger partial charge in [0.15, 0.2) is 0 Å². The van der Waals surface area contributed by atoms with E-state index in [0.29, 0.717) is 12.5 Å². The number of rotatable bonds is 7. The molecule has 1 fully saturated rings. The van der Waals surface area contributed by atoms with Gasteiger partial charge in [0.1, 0.15) is 0 Å². The Labute approximate surface area is 85.6 Å². The smallest absolute Gasteiger partial charge is 0.0616 e. The van der Waals surface area contributed by atoms with E-state index in [0.717, 1.165) is 32.6 Å². The molecule has 4 heteroatoms. The molecule has 1 saturated heterocycles. The van der Waals surface area contributed by atoms with Gasteiger partial charge in [-0.15, -0.1) is 0 Å². The van der Waals surface area contributed by atoms with Gasteiger partial charge in [0.05, 0.1) is 13.2 Å². The van der Waals surface area contributed by atoms with Gasteiger partial charge in [-0.3, -0.25) is 0 Å². The normalized spacial score (nSPS) is 24.0. The summed E-state index contributed by atoms with van der Waals surface area (Å²) in [5.74, 6) is 0.632. The zero-order valence-electron chi connectivity index (χ0n) is 8.87. The van der Waals surface area contributed by atoms with Crippen molar-refractivity contribution in [1.29, 1.82) is 0 Å². The molecule has 0 bridgehead atoms. The summed E-state index contributed by atoms with van der Waals surface area (Å²) in [6.45, 7) is 3.59. The molecule has 0 aromatic carbocycles. The molecule has 2 N–H and O–H groups in total. The van der Waals surface area contributed by atoms with Gasteiger partial charge in [0.2, 0.25) is 0 Å². The van der Waals surface area contributed by atoms with E-state index in [1.807, 2.05) is 0 Å². The minimum absolute atomic E-state index is 0.211. The second-order valence-electron chi connectivity index (χ2n) is 3.80. The van der Waals surface area contributed by atoms with Crippen LogP contribution >= 0.6 is 0 Å². The molecule has 0 aromatic heterocycles. The van der Waals surface area contributed by atoms with Crippen LogP contribution in [0.3, 0.4) is 0 Å². The van der Waals surface area contributed by atoms with Crippen LogP contribution in [-0.2, 0) is 9.47 Å². The van der Waals surface area contributed by atoms with E-state index >= 15 is 0 Å². The van der Waals surface area contributed by atoms with Crippen LogP contribution in [0.25, 0.3) is 0 Å². The molecule has 2 atom stereocenters. The Hall–Kier alpha value is -0.160. The average Bonchev–Trinajstić information content (AvgIpc) is 2.67. The van der Waals surface area contributed by atoms with Crippen molar-refractivity contribution in [2.75, 3.05) is 40.1 Å². The van der Waals surface area contributed by atoms with Gasteiger partial charge in [0, 0.05) is 32.9 Å². The topological polar surface area (TPSA) is 50.7 Å². The summed E-state index contributed by atoms with van der Waals surface area (Å²) in [6, 6.07) is 0.269. The summed E-state index contributed by atoms with van der Waals surface area (Å²) in [5.41, 5.74) is 0. The number of ether oxygens (including phenoxy) is 2. The molecule has 84 valence electrons. The molecule has 4 nitrogen and oxygen atoms in total. The largest absolute Gasteiger partial charge is 0.396 e. The fourth-order valence-electron chi connectivity index (χ4n) is 1.68. The van der Waals surface area contributed by atoms with Crippen LogP contribution < -0.4 is 5.32 Å². The lowest BCUT2D eigenvalue weighted by Gasteiger charge is -2.18. The Bertz CT molecular complexity index is 131. The van der Waals surface area contributed by atoms with Gasteiger partial charge in [-0.05, 0) is 18.8 Å². The van der Waals surface area contributed by atoms with Gasteiger partial charge in [0.25, 0.3) is 0 Å². The first-order valence-corrected chi connectivity index (χ1v) is 5.27. The van der Waals surface area contributed by atoms with E-state index in [2.05, 4.69) is 5.32 Å². The predicted octanol–water partition coefficient (Wildman–Crippen LogP) is 0.00990. The first-order chi connectivity index (χ1) is 6.86. The number of hydrogen-bond acceptors (Lipinski definition) is 4. The lowest BCUT2D eigenvalue weighted by atomic mass is 10.1. The Morgan fingerprint density at radius 1 is 1.64 bits per heavy atom. The summed E-state index contributed by atoms with van der Waals surface area (Å²) >= 11 is 0. The quantitative estimate of drug-likeness (QED) is 0.612. The second kappa shape index (κ2) is 7.17. The third-order valence-electron chi connectivity index (χ3n) is 2.56. The molecular weight excluding hydrogens is 182 g/mol. The van der Waals surface area contributed by atoms with Crippen LogP contribution in [0.5, 0.6) is 0 Å². The first kappa shape index (κ1) is 11.9. The minimum Gasteiger partial charge on any atom is -0.396 e. The predicted molar refractivity (Wildman–Crippen MR) is 54.3 cm³/mol. The van der Waals surface area contributed by atoms with Crippen molar-refractivity contribution in [3.05, 3.63) is 0 Å². The van der Waals surface area contributed by atoms with E-state index in [-0.39, 0.29) is 12.6 Å². The maximum atomic E-state index is 8.84. The van der Waals surface area contributed by atoms with E-state index < -0.39 is 0 Å². The zero-order chi connectivity index (χ0) is 10.2. The molecule has 0 amide bonds. The van der Waals surface area contributed by atoms with Crippen LogP contribution in [0.15, 0.2) is 0 Å². The maximum absolute atomic E-state index is 8.84. The highest BCUT2D eigenvalue weighted by molar-refractivity contribution is 4.71. The van der Waals surface area contributed by atoms with Crippen molar-refractivity contribution in [3.8, 4) is 0 Å². The first-order valence-electron chi connectivity index (χ1n) is 5.27. The molecule has 1 heterocycles. The zero-order valence-corrected chi connectivity index (χ0v) is 8.87. The van der Waals surface area contributed by atoms with Crippen molar-refractivity contribution in [2.24, 2.45) is 5.92 Å². The van der Waals surface area contributed by atoms with Crippen molar-refractivity contribution in [1.82, 2.24) is 5.32 Å². The molecule has 0 spiro atoms. The fraction of sp³-hybridized carbons (Fsp3) is 1.00. The Morgan fingerprint density at radius 3 is 3.07 bits per heavy atom. The SMILES string of the molecule is COCC(CCO)NCC1CCOC1. The fourth-order valence-corrected chi connectivity index (χ4v) is 1.68. The molecule has 0 radical (unpaired) electrons. The van der Waals surface area contributed by atoms with Gasteiger partial charge < -0.3 is 19.9 Å². The standard InChI is InChI=1S/C10H21NO3/c1-13-8-10(2-4-12)11-6-9-3-5-14-7-9/h9-12H,2-8H2,1H3. The van der Waals surface area contributed by atoms with E-state index in [9.17, 15) is 0 Å². The summed E-state index contributed by atoms with van der Waals surface area (Å²) < 4.78 is 10.4. The third kappa shape index (κ3) is 4.37. The van der Waals surface area contributed by atoms with Crippen LogP contribution in [0.4, 0.5) is 0 Å². The highest BCUT2D eigenvalue weighted by Crippen LogP contribution is 2.11. The molecule has 1 rings (SSSR count). The van der Waals surface area contributed by atoms with E-state index in [1.165, 1.54) is 0 Å². The Morgan fingerprint density at radius 2 is 2.50 bits per heavy atom. The molecule has 1 aliphatic heterocycles. The van der Waals surface area contributed by atoms with Gasteiger partial charge in [-0.25, -0.2) is 0 Å². The highest BCUT2D eigenvalue weighted by Gasteiger charge is 2.17. The molecule has 1 aliphatic rings. The van der Waals surface area contributed by atoms with Gasteiger partial charge >= 0.3 is 0 Å². The van der Waals surface area contributed by atoms with Crippen LogP contribution in [-0.4, -0.2) is 51.2 Å². The van der Waals surface area contributed by atoms with Crippen LogP contribution in [0.2, 0.25) is 0 Å². The molecule has 0 aliphatic carbocycles. The van der Waals surface area contributed by atoms with Gasteiger partial charge in [-0.2, -0.15) is 0 Å². The number of aliphatic hydroxyl groups is 1. The Balaban J connectivity index is 2.10. The van der Waals surface area contributed by atoms with Crippen molar-refractivity contribution in [3.63, 3.8) is 0 Å². The summed E-state index contributed by atoms with van der Waals surface area (Å²) in [6.07, 6.45) is 1.90. The van der Waals surface area contributed by atoms with Crippen molar-refractivity contribution >= 4 is 0 Å². The third-order valence-corrected chi connectivity index (χ3v) is 2.56. The number of hydrogen-bond donors (Lipinski definition) is 2.